The molecule has 3 aliphatic heterocycles. The fourth-order valence-corrected chi connectivity index (χ4v) is 4.46. The lowest BCUT2D eigenvalue weighted by Gasteiger charge is -2.26. The monoisotopic (exact) mass is 301 g/mol. The van der Waals surface area contributed by atoms with Gasteiger partial charge in [0.05, 0.1) is 15.1 Å². The quantitative estimate of drug-likeness (QED) is 0.927. The fraction of sp³-hybridized carbons (Fsp3) is 0.500. The summed E-state index contributed by atoms with van der Waals surface area (Å²) in [6.45, 7) is 3.40. The lowest BCUT2D eigenvalue weighted by atomic mass is 9.94. The molecule has 1 amide bonds. The highest BCUT2D eigenvalue weighted by Crippen LogP contribution is 2.28. The van der Waals surface area contributed by atoms with E-state index in [-0.39, 0.29) is 5.91 Å². The number of thiophene rings is 1. The van der Waals surface area contributed by atoms with Gasteiger partial charge in [-0.2, -0.15) is 0 Å². The number of carbonyl (C=O) groups excluding carboxylic acids is 1. The zero-order valence-electron chi connectivity index (χ0n) is 11.9. The van der Waals surface area contributed by atoms with Gasteiger partial charge in [0.25, 0.3) is 5.91 Å². The Balaban J connectivity index is 1.50. The zero-order valence-corrected chi connectivity index (χ0v) is 12.7. The van der Waals surface area contributed by atoms with Crippen LogP contribution >= 0.6 is 11.3 Å². The summed E-state index contributed by atoms with van der Waals surface area (Å²) < 4.78 is 1.08. The second-order valence-electron chi connectivity index (χ2n) is 6.15. The number of hydrogen-bond donors (Lipinski definition) is 1. The summed E-state index contributed by atoms with van der Waals surface area (Å²) in [6, 6.07) is 6.13. The zero-order chi connectivity index (χ0) is 14.2. The first-order valence-electron chi connectivity index (χ1n) is 7.66. The summed E-state index contributed by atoms with van der Waals surface area (Å²) in [5, 5.41) is 3.24. The molecule has 21 heavy (non-hydrogen) atoms. The van der Waals surface area contributed by atoms with Gasteiger partial charge in [0.15, 0.2) is 0 Å². The average molecular weight is 301 g/mol. The van der Waals surface area contributed by atoms with E-state index in [1.165, 1.54) is 37.3 Å². The van der Waals surface area contributed by atoms with Crippen LogP contribution in [0.15, 0.2) is 24.4 Å². The number of aromatic nitrogens is 1. The minimum absolute atomic E-state index is 0.0606. The second-order valence-corrected chi connectivity index (χ2v) is 7.23. The van der Waals surface area contributed by atoms with Crippen molar-refractivity contribution in [3.8, 4) is 0 Å². The average Bonchev–Trinajstić information content (AvgIpc) is 2.73. The van der Waals surface area contributed by atoms with Gasteiger partial charge in [-0.05, 0) is 56.5 Å². The minimum Gasteiger partial charge on any atom is -0.347 e. The Labute approximate surface area is 128 Å². The van der Waals surface area contributed by atoms with Crippen LogP contribution in [0, 0.1) is 5.92 Å². The first-order chi connectivity index (χ1) is 10.3. The highest BCUT2D eigenvalue weighted by molar-refractivity contribution is 7.20. The van der Waals surface area contributed by atoms with Crippen LogP contribution in [0.5, 0.6) is 0 Å². The normalized spacial score (nSPS) is 28.5. The van der Waals surface area contributed by atoms with Crippen molar-refractivity contribution in [3.63, 3.8) is 0 Å². The van der Waals surface area contributed by atoms with E-state index < -0.39 is 0 Å². The van der Waals surface area contributed by atoms with Crippen molar-refractivity contribution < 1.29 is 4.79 Å². The van der Waals surface area contributed by atoms with Crippen LogP contribution in [0.25, 0.3) is 10.2 Å². The first-order valence-corrected chi connectivity index (χ1v) is 8.47. The number of nitrogens with one attached hydrogen (secondary N) is 1. The SMILES string of the molecule is O=C(NC1CC2CCN(CC2)C1)c1cc2ncccc2s1. The van der Waals surface area contributed by atoms with E-state index >= 15 is 0 Å². The molecule has 3 fully saturated rings. The Morgan fingerprint density at radius 1 is 1.38 bits per heavy atom. The summed E-state index contributed by atoms with van der Waals surface area (Å²) in [5.41, 5.74) is 0.914. The molecule has 3 aliphatic rings. The van der Waals surface area contributed by atoms with E-state index in [0.29, 0.717) is 6.04 Å². The highest BCUT2D eigenvalue weighted by atomic mass is 32.1. The van der Waals surface area contributed by atoms with Crippen LogP contribution in [0.3, 0.4) is 0 Å². The summed E-state index contributed by atoms with van der Waals surface area (Å²) >= 11 is 1.53. The number of fused-ring (bicyclic) bond motifs is 5. The molecule has 0 aromatic carbocycles. The van der Waals surface area contributed by atoms with Crippen LogP contribution in [0.2, 0.25) is 0 Å². The van der Waals surface area contributed by atoms with Crippen molar-refractivity contribution in [3.05, 3.63) is 29.3 Å². The van der Waals surface area contributed by atoms with Crippen molar-refractivity contribution in [2.75, 3.05) is 19.6 Å². The standard InChI is InChI=1S/C16H19N3OS/c20-16(15-9-13-14(21-15)2-1-5-17-13)18-12-8-11-3-6-19(10-12)7-4-11/h1-2,5,9,11-12H,3-4,6-8,10H2,(H,18,20). The summed E-state index contributed by atoms with van der Waals surface area (Å²) in [5.74, 6) is 0.851. The van der Waals surface area contributed by atoms with E-state index in [1.54, 1.807) is 6.20 Å². The molecule has 3 saturated heterocycles. The van der Waals surface area contributed by atoms with Crippen molar-refractivity contribution in [1.82, 2.24) is 15.2 Å². The fourth-order valence-electron chi connectivity index (χ4n) is 3.54. The largest absolute Gasteiger partial charge is 0.347 e. The van der Waals surface area contributed by atoms with Gasteiger partial charge in [-0.15, -0.1) is 11.3 Å². The topological polar surface area (TPSA) is 45.2 Å². The minimum atomic E-state index is 0.0606. The third kappa shape index (κ3) is 2.68. The highest BCUT2D eigenvalue weighted by Gasteiger charge is 2.30. The van der Waals surface area contributed by atoms with E-state index in [0.717, 1.165) is 34.0 Å². The van der Waals surface area contributed by atoms with Gasteiger partial charge >= 0.3 is 0 Å². The van der Waals surface area contributed by atoms with Crippen molar-refractivity contribution in [2.45, 2.75) is 25.3 Å². The smallest absolute Gasteiger partial charge is 0.261 e. The maximum Gasteiger partial charge on any atom is 0.261 e. The predicted octanol–water partition coefficient (Wildman–Crippen LogP) is 2.51. The molecule has 1 N–H and O–H groups in total. The Bertz CT molecular complexity index is 613. The Hall–Kier alpha value is -1.46. The van der Waals surface area contributed by atoms with Gasteiger partial charge in [-0.3, -0.25) is 9.78 Å². The van der Waals surface area contributed by atoms with Crippen LogP contribution in [0.1, 0.15) is 28.9 Å². The molecule has 2 bridgehead atoms. The summed E-state index contributed by atoms with van der Waals surface area (Å²) in [6.07, 6.45) is 5.48. The van der Waals surface area contributed by atoms with Crippen LogP contribution < -0.4 is 5.32 Å². The molecule has 5 heterocycles. The molecule has 1 unspecified atom stereocenters. The van der Waals surface area contributed by atoms with Crippen LogP contribution in [0.4, 0.5) is 0 Å². The lowest BCUT2D eigenvalue weighted by molar-refractivity contribution is 0.0933. The van der Waals surface area contributed by atoms with Crippen LogP contribution in [-0.2, 0) is 0 Å². The molecular formula is C16H19N3OS. The number of rotatable bonds is 2. The molecule has 0 saturated carbocycles. The van der Waals surface area contributed by atoms with E-state index in [2.05, 4.69) is 15.2 Å². The molecular weight excluding hydrogens is 282 g/mol. The van der Waals surface area contributed by atoms with Gasteiger partial charge in [-0.1, -0.05) is 0 Å². The van der Waals surface area contributed by atoms with Gasteiger partial charge in [0.1, 0.15) is 0 Å². The molecule has 5 heteroatoms. The third-order valence-electron chi connectivity index (χ3n) is 4.65. The summed E-state index contributed by atoms with van der Waals surface area (Å²) in [7, 11) is 0. The molecule has 1 atom stereocenters. The van der Waals surface area contributed by atoms with Crippen molar-refractivity contribution in [1.29, 1.82) is 0 Å². The number of carbonyl (C=O) groups is 1. The van der Waals surface area contributed by atoms with Crippen molar-refractivity contribution in [2.24, 2.45) is 5.92 Å². The van der Waals surface area contributed by atoms with Crippen molar-refractivity contribution >= 4 is 27.5 Å². The maximum absolute atomic E-state index is 12.5. The number of pyridine rings is 1. The number of hydrogen-bond acceptors (Lipinski definition) is 4. The maximum atomic E-state index is 12.5. The number of amides is 1. The molecule has 2 aromatic rings. The van der Waals surface area contributed by atoms with Gasteiger partial charge in [0, 0.05) is 18.8 Å². The van der Waals surface area contributed by atoms with E-state index in [9.17, 15) is 4.79 Å². The Morgan fingerprint density at radius 2 is 2.24 bits per heavy atom. The summed E-state index contributed by atoms with van der Waals surface area (Å²) in [4.78, 5) is 20.0. The first kappa shape index (κ1) is 13.2. The molecule has 0 spiro atoms. The van der Waals surface area contributed by atoms with E-state index in [1.807, 2.05) is 18.2 Å². The molecule has 110 valence electrons. The molecule has 0 aliphatic carbocycles. The molecule has 4 nitrogen and oxygen atoms in total. The Kier molecular flexibility index (Phi) is 3.39. The number of nitrogens with zero attached hydrogens (tertiary/aromatic N) is 2. The third-order valence-corrected chi connectivity index (χ3v) is 5.74. The van der Waals surface area contributed by atoms with E-state index in [4.69, 9.17) is 0 Å². The second kappa shape index (κ2) is 5.39. The predicted molar refractivity (Wildman–Crippen MR) is 84.7 cm³/mol. The molecule has 2 aromatic heterocycles. The lowest BCUT2D eigenvalue weighted by Crippen LogP contribution is -2.41. The van der Waals surface area contributed by atoms with Crippen LogP contribution in [-0.4, -0.2) is 41.5 Å². The van der Waals surface area contributed by atoms with Gasteiger partial charge in [0.2, 0.25) is 0 Å². The molecule has 5 rings (SSSR count). The number of piperidine rings is 1. The van der Waals surface area contributed by atoms with Gasteiger partial charge < -0.3 is 10.2 Å². The van der Waals surface area contributed by atoms with Gasteiger partial charge in [-0.25, -0.2) is 0 Å². The Morgan fingerprint density at radius 3 is 3.05 bits per heavy atom. The molecule has 0 radical (unpaired) electrons.